The summed E-state index contributed by atoms with van der Waals surface area (Å²) in [5, 5.41) is 3.24. The first-order valence-electron chi connectivity index (χ1n) is 9.25. The second-order valence-electron chi connectivity index (χ2n) is 6.90. The molecule has 0 amide bonds. The van der Waals surface area contributed by atoms with Gasteiger partial charge in [0.25, 0.3) is 5.56 Å². The molecule has 1 aliphatic heterocycles. The SMILES string of the molecule is Cn1c(NC2CCN(S(=O)(=O)c3ccccc3)C2)nc(-c2ccncc2)cc1=O. The fourth-order valence-corrected chi connectivity index (χ4v) is 4.85. The molecule has 1 saturated heterocycles. The quantitative estimate of drug-likeness (QED) is 0.687. The van der Waals surface area contributed by atoms with Crippen LogP contribution in [0.1, 0.15) is 6.42 Å². The number of hydrogen-bond donors (Lipinski definition) is 1. The normalized spacial score (nSPS) is 17.3. The van der Waals surface area contributed by atoms with Crippen LogP contribution in [0.5, 0.6) is 0 Å². The molecule has 3 heterocycles. The second-order valence-corrected chi connectivity index (χ2v) is 8.84. The highest BCUT2D eigenvalue weighted by Crippen LogP contribution is 2.23. The maximum Gasteiger partial charge on any atom is 0.255 e. The van der Waals surface area contributed by atoms with E-state index in [9.17, 15) is 13.2 Å². The van der Waals surface area contributed by atoms with Crippen LogP contribution >= 0.6 is 0 Å². The van der Waals surface area contributed by atoms with E-state index in [1.54, 1.807) is 61.9 Å². The summed E-state index contributed by atoms with van der Waals surface area (Å²) in [7, 11) is -1.90. The Morgan fingerprint density at radius 2 is 1.83 bits per heavy atom. The van der Waals surface area contributed by atoms with Gasteiger partial charge in [0, 0.05) is 50.2 Å². The number of nitrogens with zero attached hydrogens (tertiary/aromatic N) is 4. The van der Waals surface area contributed by atoms with E-state index in [2.05, 4.69) is 15.3 Å². The number of benzene rings is 1. The molecule has 0 radical (unpaired) electrons. The minimum Gasteiger partial charge on any atom is -0.351 e. The van der Waals surface area contributed by atoms with Crippen molar-refractivity contribution in [1.29, 1.82) is 0 Å². The van der Waals surface area contributed by atoms with Gasteiger partial charge in [-0.1, -0.05) is 18.2 Å². The Bertz CT molecular complexity index is 1160. The van der Waals surface area contributed by atoms with Crippen molar-refractivity contribution >= 4 is 16.0 Å². The van der Waals surface area contributed by atoms with Crippen molar-refractivity contribution < 1.29 is 8.42 Å². The van der Waals surface area contributed by atoms with Crippen molar-refractivity contribution in [2.75, 3.05) is 18.4 Å². The summed E-state index contributed by atoms with van der Waals surface area (Å²) in [6.45, 7) is 0.722. The van der Waals surface area contributed by atoms with Crippen molar-refractivity contribution in [3.8, 4) is 11.3 Å². The summed E-state index contributed by atoms with van der Waals surface area (Å²) in [4.78, 5) is 21.2. The molecule has 1 aromatic carbocycles. The van der Waals surface area contributed by atoms with Crippen molar-refractivity contribution in [3.05, 3.63) is 71.3 Å². The number of anilines is 1. The molecule has 3 aromatic rings. The molecule has 0 saturated carbocycles. The summed E-state index contributed by atoms with van der Waals surface area (Å²) < 4.78 is 28.5. The summed E-state index contributed by atoms with van der Waals surface area (Å²) >= 11 is 0. The van der Waals surface area contributed by atoms with Gasteiger partial charge in [0.1, 0.15) is 0 Å². The molecule has 4 rings (SSSR count). The first-order chi connectivity index (χ1) is 13.9. The molecule has 29 heavy (non-hydrogen) atoms. The zero-order valence-corrected chi connectivity index (χ0v) is 16.7. The minimum absolute atomic E-state index is 0.140. The van der Waals surface area contributed by atoms with E-state index in [-0.39, 0.29) is 16.5 Å². The van der Waals surface area contributed by atoms with Gasteiger partial charge in [-0.05, 0) is 30.7 Å². The van der Waals surface area contributed by atoms with E-state index in [1.807, 2.05) is 0 Å². The maximum atomic E-state index is 12.8. The van der Waals surface area contributed by atoms with Crippen molar-refractivity contribution in [2.24, 2.45) is 7.05 Å². The van der Waals surface area contributed by atoms with Gasteiger partial charge < -0.3 is 5.32 Å². The van der Waals surface area contributed by atoms with Crippen LogP contribution in [0.15, 0.2) is 70.6 Å². The fraction of sp³-hybridized carbons (Fsp3) is 0.250. The van der Waals surface area contributed by atoms with E-state index in [0.717, 1.165) is 5.56 Å². The van der Waals surface area contributed by atoms with E-state index in [1.165, 1.54) is 14.9 Å². The number of rotatable bonds is 5. The molecule has 2 aromatic heterocycles. The molecular weight excluding hydrogens is 390 g/mol. The lowest BCUT2D eigenvalue weighted by molar-refractivity contribution is 0.474. The first-order valence-corrected chi connectivity index (χ1v) is 10.7. The Hall–Kier alpha value is -3.04. The van der Waals surface area contributed by atoms with E-state index >= 15 is 0 Å². The molecule has 1 aliphatic rings. The highest BCUT2D eigenvalue weighted by Gasteiger charge is 2.32. The zero-order valence-electron chi connectivity index (χ0n) is 15.9. The van der Waals surface area contributed by atoms with Gasteiger partial charge in [0.05, 0.1) is 10.6 Å². The fourth-order valence-electron chi connectivity index (χ4n) is 3.33. The Morgan fingerprint density at radius 1 is 1.10 bits per heavy atom. The standard InChI is InChI=1S/C20H21N5O3S/c1-24-19(26)13-18(15-7-10-21-11-8-15)23-20(24)22-16-9-12-25(14-16)29(27,28)17-5-3-2-4-6-17/h2-8,10-11,13,16H,9,12,14H2,1H3,(H,22,23). The van der Waals surface area contributed by atoms with E-state index in [0.29, 0.717) is 31.2 Å². The van der Waals surface area contributed by atoms with Crippen LogP contribution in [0.3, 0.4) is 0 Å². The number of pyridine rings is 1. The van der Waals surface area contributed by atoms with Crippen molar-refractivity contribution in [1.82, 2.24) is 18.8 Å². The minimum atomic E-state index is -3.54. The van der Waals surface area contributed by atoms with E-state index in [4.69, 9.17) is 0 Å². The van der Waals surface area contributed by atoms with Gasteiger partial charge in [0.2, 0.25) is 16.0 Å². The smallest absolute Gasteiger partial charge is 0.255 e. The molecular formula is C20H21N5O3S. The topological polar surface area (TPSA) is 97.2 Å². The van der Waals surface area contributed by atoms with Crippen LogP contribution in [0.2, 0.25) is 0 Å². The predicted octanol–water partition coefficient (Wildman–Crippen LogP) is 1.72. The van der Waals surface area contributed by atoms with Gasteiger partial charge in [-0.25, -0.2) is 13.4 Å². The third-order valence-electron chi connectivity index (χ3n) is 4.98. The molecule has 0 bridgehead atoms. The van der Waals surface area contributed by atoms with Gasteiger partial charge >= 0.3 is 0 Å². The van der Waals surface area contributed by atoms with Gasteiger partial charge in [0.15, 0.2) is 0 Å². The third kappa shape index (κ3) is 3.92. The average Bonchev–Trinajstić information content (AvgIpc) is 3.22. The molecule has 150 valence electrons. The van der Waals surface area contributed by atoms with Crippen LogP contribution in [-0.2, 0) is 17.1 Å². The lowest BCUT2D eigenvalue weighted by atomic mass is 10.2. The van der Waals surface area contributed by atoms with Crippen LogP contribution in [0.4, 0.5) is 5.95 Å². The molecule has 8 nitrogen and oxygen atoms in total. The molecule has 0 aliphatic carbocycles. The number of nitrogens with one attached hydrogen (secondary N) is 1. The molecule has 1 unspecified atom stereocenters. The number of hydrogen-bond acceptors (Lipinski definition) is 6. The van der Waals surface area contributed by atoms with E-state index < -0.39 is 10.0 Å². The van der Waals surface area contributed by atoms with Crippen molar-refractivity contribution in [2.45, 2.75) is 17.4 Å². The number of sulfonamides is 1. The highest BCUT2D eigenvalue weighted by atomic mass is 32.2. The van der Waals surface area contributed by atoms with Gasteiger partial charge in [-0.3, -0.25) is 14.3 Å². The van der Waals surface area contributed by atoms with Gasteiger partial charge in [-0.2, -0.15) is 4.31 Å². The molecule has 1 atom stereocenters. The predicted molar refractivity (Wildman–Crippen MR) is 110 cm³/mol. The van der Waals surface area contributed by atoms with Crippen LogP contribution in [0, 0.1) is 0 Å². The summed E-state index contributed by atoms with van der Waals surface area (Å²) in [6.07, 6.45) is 3.91. The first kappa shape index (κ1) is 19.3. The Kier molecular flexibility index (Phi) is 5.16. The summed E-state index contributed by atoms with van der Waals surface area (Å²) in [5.74, 6) is 0.410. The lowest BCUT2D eigenvalue weighted by Crippen LogP contribution is -2.33. The molecule has 0 spiro atoms. The maximum absolute atomic E-state index is 12.8. The third-order valence-corrected chi connectivity index (χ3v) is 6.86. The summed E-state index contributed by atoms with van der Waals surface area (Å²) in [5.41, 5.74) is 1.14. The largest absolute Gasteiger partial charge is 0.351 e. The summed E-state index contributed by atoms with van der Waals surface area (Å²) in [6, 6.07) is 13.3. The second kappa shape index (κ2) is 7.76. The number of aromatic nitrogens is 3. The Labute approximate surface area is 168 Å². The monoisotopic (exact) mass is 411 g/mol. The Balaban J connectivity index is 1.55. The Morgan fingerprint density at radius 3 is 2.55 bits per heavy atom. The van der Waals surface area contributed by atoms with Crippen molar-refractivity contribution in [3.63, 3.8) is 0 Å². The van der Waals surface area contributed by atoms with Crippen LogP contribution < -0.4 is 10.9 Å². The highest BCUT2D eigenvalue weighted by molar-refractivity contribution is 7.89. The molecule has 1 N–H and O–H groups in total. The average molecular weight is 411 g/mol. The van der Waals surface area contributed by atoms with Crippen LogP contribution in [0.25, 0.3) is 11.3 Å². The van der Waals surface area contributed by atoms with Crippen LogP contribution in [-0.4, -0.2) is 46.4 Å². The lowest BCUT2D eigenvalue weighted by Gasteiger charge is -2.18. The molecule has 1 fully saturated rings. The zero-order chi connectivity index (χ0) is 20.4. The molecule has 9 heteroatoms. The van der Waals surface area contributed by atoms with Gasteiger partial charge in [-0.15, -0.1) is 0 Å².